The fraction of sp³-hybridized carbons (Fsp3) is 1.00. The SMILES string of the molecule is CC1(CNS(N)(=O)=O)CCCO1. The summed E-state index contributed by atoms with van der Waals surface area (Å²) in [6, 6.07) is 0. The molecule has 1 aliphatic heterocycles. The van der Waals surface area contributed by atoms with Crippen molar-refractivity contribution in [2.75, 3.05) is 13.2 Å². The van der Waals surface area contributed by atoms with Crippen LogP contribution in [0.4, 0.5) is 0 Å². The van der Waals surface area contributed by atoms with E-state index in [-0.39, 0.29) is 12.1 Å². The molecule has 72 valence electrons. The van der Waals surface area contributed by atoms with Crippen LogP contribution in [0.5, 0.6) is 0 Å². The van der Waals surface area contributed by atoms with Gasteiger partial charge in [-0.2, -0.15) is 13.1 Å². The van der Waals surface area contributed by atoms with E-state index in [1.165, 1.54) is 0 Å². The van der Waals surface area contributed by atoms with Crippen molar-refractivity contribution in [3.8, 4) is 0 Å². The van der Waals surface area contributed by atoms with E-state index in [1.54, 1.807) is 0 Å². The van der Waals surface area contributed by atoms with E-state index in [0.717, 1.165) is 12.8 Å². The summed E-state index contributed by atoms with van der Waals surface area (Å²) in [5, 5.41) is 4.78. The van der Waals surface area contributed by atoms with Crippen LogP contribution in [0.1, 0.15) is 19.8 Å². The normalized spacial score (nSPS) is 30.8. The lowest BCUT2D eigenvalue weighted by Gasteiger charge is -2.22. The summed E-state index contributed by atoms with van der Waals surface area (Å²) in [6.45, 7) is 2.83. The Labute approximate surface area is 72.5 Å². The molecule has 0 bridgehead atoms. The topological polar surface area (TPSA) is 81.4 Å². The van der Waals surface area contributed by atoms with Crippen molar-refractivity contribution >= 4 is 10.2 Å². The monoisotopic (exact) mass is 194 g/mol. The summed E-state index contributed by atoms with van der Waals surface area (Å²) >= 11 is 0. The van der Waals surface area contributed by atoms with Crippen LogP contribution in [0.2, 0.25) is 0 Å². The van der Waals surface area contributed by atoms with E-state index in [0.29, 0.717) is 6.61 Å². The number of hydrogen-bond donors (Lipinski definition) is 2. The number of nitrogens with one attached hydrogen (secondary N) is 1. The zero-order valence-corrected chi connectivity index (χ0v) is 7.86. The molecule has 1 heterocycles. The second kappa shape index (κ2) is 3.29. The molecular weight excluding hydrogens is 180 g/mol. The Hall–Kier alpha value is -0.170. The van der Waals surface area contributed by atoms with Gasteiger partial charge in [0.2, 0.25) is 0 Å². The molecule has 0 aliphatic carbocycles. The van der Waals surface area contributed by atoms with Gasteiger partial charge in [0.25, 0.3) is 10.2 Å². The Morgan fingerprint density at radius 1 is 1.67 bits per heavy atom. The molecule has 12 heavy (non-hydrogen) atoms. The lowest BCUT2D eigenvalue weighted by molar-refractivity contribution is 0.0250. The van der Waals surface area contributed by atoms with E-state index in [1.807, 2.05) is 6.92 Å². The molecule has 1 fully saturated rings. The van der Waals surface area contributed by atoms with Crippen molar-refractivity contribution < 1.29 is 13.2 Å². The molecule has 0 amide bonds. The van der Waals surface area contributed by atoms with Crippen molar-refractivity contribution in [1.29, 1.82) is 0 Å². The summed E-state index contributed by atoms with van der Waals surface area (Å²) in [5.74, 6) is 0. The fourth-order valence-corrected chi connectivity index (χ4v) is 1.74. The molecule has 0 spiro atoms. The van der Waals surface area contributed by atoms with Crippen LogP contribution in [0, 0.1) is 0 Å². The third-order valence-electron chi connectivity index (χ3n) is 1.95. The Balaban J connectivity index is 2.41. The van der Waals surface area contributed by atoms with Gasteiger partial charge >= 0.3 is 0 Å². The lowest BCUT2D eigenvalue weighted by Crippen LogP contribution is -2.42. The molecule has 0 aromatic rings. The average molecular weight is 194 g/mol. The lowest BCUT2D eigenvalue weighted by atomic mass is 10.0. The minimum atomic E-state index is -3.58. The molecule has 0 saturated carbocycles. The zero-order chi connectivity index (χ0) is 9.24. The first kappa shape index (κ1) is 9.91. The molecule has 0 radical (unpaired) electrons. The van der Waals surface area contributed by atoms with Crippen molar-refractivity contribution in [2.45, 2.75) is 25.4 Å². The zero-order valence-electron chi connectivity index (χ0n) is 7.04. The van der Waals surface area contributed by atoms with E-state index in [4.69, 9.17) is 9.88 Å². The van der Waals surface area contributed by atoms with Crippen LogP contribution in [0.25, 0.3) is 0 Å². The van der Waals surface area contributed by atoms with Gasteiger partial charge in [0.05, 0.1) is 5.60 Å². The van der Waals surface area contributed by atoms with E-state index < -0.39 is 10.2 Å². The Morgan fingerprint density at radius 2 is 2.33 bits per heavy atom. The third kappa shape index (κ3) is 3.06. The summed E-state index contributed by atoms with van der Waals surface area (Å²) in [5.41, 5.74) is -0.369. The smallest absolute Gasteiger partial charge is 0.274 e. The van der Waals surface area contributed by atoms with Crippen LogP contribution in [-0.4, -0.2) is 27.2 Å². The largest absolute Gasteiger partial charge is 0.374 e. The van der Waals surface area contributed by atoms with Crippen LogP contribution in [-0.2, 0) is 14.9 Å². The molecule has 1 aliphatic rings. The van der Waals surface area contributed by atoms with Gasteiger partial charge in [0, 0.05) is 13.2 Å². The second-order valence-electron chi connectivity index (χ2n) is 3.27. The highest BCUT2D eigenvalue weighted by molar-refractivity contribution is 7.87. The summed E-state index contributed by atoms with van der Waals surface area (Å²) in [6.07, 6.45) is 1.85. The highest BCUT2D eigenvalue weighted by Gasteiger charge is 2.30. The minimum absolute atomic E-state index is 0.256. The second-order valence-corrected chi connectivity index (χ2v) is 4.65. The van der Waals surface area contributed by atoms with Gasteiger partial charge in [0.1, 0.15) is 0 Å². The van der Waals surface area contributed by atoms with Gasteiger partial charge in [-0.05, 0) is 19.8 Å². The number of ether oxygens (including phenoxy) is 1. The first-order valence-electron chi connectivity index (χ1n) is 3.83. The van der Waals surface area contributed by atoms with Crippen molar-refractivity contribution in [1.82, 2.24) is 4.72 Å². The van der Waals surface area contributed by atoms with E-state index in [9.17, 15) is 8.42 Å². The highest BCUT2D eigenvalue weighted by atomic mass is 32.2. The predicted octanol–water partition coefficient (Wildman–Crippen LogP) is -0.651. The van der Waals surface area contributed by atoms with Crippen molar-refractivity contribution in [3.63, 3.8) is 0 Å². The molecular formula is C6H14N2O3S. The van der Waals surface area contributed by atoms with Crippen LogP contribution in [0.15, 0.2) is 0 Å². The van der Waals surface area contributed by atoms with Crippen molar-refractivity contribution in [2.24, 2.45) is 5.14 Å². The fourth-order valence-electron chi connectivity index (χ4n) is 1.23. The van der Waals surface area contributed by atoms with Crippen LogP contribution >= 0.6 is 0 Å². The maximum atomic E-state index is 10.5. The Kier molecular flexibility index (Phi) is 2.72. The maximum absolute atomic E-state index is 10.5. The number of nitrogens with two attached hydrogens (primary N) is 1. The first-order valence-corrected chi connectivity index (χ1v) is 5.37. The van der Waals surface area contributed by atoms with E-state index >= 15 is 0 Å². The first-order chi connectivity index (χ1) is 5.41. The Bertz CT molecular complexity index is 244. The average Bonchev–Trinajstić information content (AvgIpc) is 2.32. The molecule has 0 aromatic carbocycles. The van der Waals surface area contributed by atoms with Crippen molar-refractivity contribution in [3.05, 3.63) is 0 Å². The summed E-state index contributed by atoms with van der Waals surface area (Å²) in [4.78, 5) is 0. The molecule has 1 rings (SSSR count). The van der Waals surface area contributed by atoms with Gasteiger partial charge in [-0.1, -0.05) is 0 Å². The van der Waals surface area contributed by atoms with Gasteiger partial charge < -0.3 is 4.74 Å². The molecule has 1 atom stereocenters. The molecule has 5 nitrogen and oxygen atoms in total. The van der Waals surface area contributed by atoms with Crippen LogP contribution < -0.4 is 9.86 Å². The number of hydrogen-bond acceptors (Lipinski definition) is 3. The van der Waals surface area contributed by atoms with Gasteiger partial charge in [-0.15, -0.1) is 0 Å². The highest BCUT2D eigenvalue weighted by Crippen LogP contribution is 2.23. The summed E-state index contributed by atoms with van der Waals surface area (Å²) in [7, 11) is -3.58. The molecule has 1 saturated heterocycles. The number of rotatable bonds is 3. The Morgan fingerprint density at radius 3 is 2.75 bits per heavy atom. The van der Waals surface area contributed by atoms with Gasteiger partial charge in [-0.3, -0.25) is 0 Å². The third-order valence-corrected chi connectivity index (χ3v) is 2.49. The maximum Gasteiger partial charge on any atom is 0.274 e. The minimum Gasteiger partial charge on any atom is -0.374 e. The van der Waals surface area contributed by atoms with Gasteiger partial charge in [-0.25, -0.2) is 5.14 Å². The standard InChI is InChI=1S/C6H14N2O3S/c1-6(3-2-4-11-6)5-8-12(7,9)10/h8H,2-5H2,1H3,(H2,7,9,10). The molecule has 0 aromatic heterocycles. The van der Waals surface area contributed by atoms with E-state index in [2.05, 4.69) is 4.72 Å². The molecule has 1 unspecified atom stereocenters. The molecule has 6 heteroatoms. The van der Waals surface area contributed by atoms with Gasteiger partial charge in [0.15, 0.2) is 0 Å². The summed E-state index contributed by atoms with van der Waals surface area (Å²) < 4.78 is 28.7. The predicted molar refractivity (Wildman–Crippen MR) is 44.7 cm³/mol. The quantitative estimate of drug-likeness (QED) is 0.626. The van der Waals surface area contributed by atoms with Crippen LogP contribution in [0.3, 0.4) is 0 Å². The molecule has 3 N–H and O–H groups in total.